The lowest BCUT2D eigenvalue weighted by Crippen LogP contribution is -2.37. The Labute approximate surface area is 240 Å². The number of carboxylic acids is 1. The number of aromatic carboxylic acids is 1. The molecule has 2 aromatic carbocycles. The van der Waals surface area contributed by atoms with Crippen LogP contribution in [0.1, 0.15) is 58.8 Å². The van der Waals surface area contributed by atoms with E-state index in [-0.39, 0.29) is 11.7 Å². The Balaban J connectivity index is 1.11. The molecule has 2 fully saturated rings. The fourth-order valence-corrected chi connectivity index (χ4v) is 6.54. The van der Waals surface area contributed by atoms with Gasteiger partial charge in [-0.15, -0.1) is 11.3 Å². The van der Waals surface area contributed by atoms with E-state index in [4.69, 9.17) is 37.4 Å². The number of aryl methyl sites for hydroxylation is 1. The zero-order valence-electron chi connectivity index (χ0n) is 21.3. The van der Waals surface area contributed by atoms with Crippen molar-refractivity contribution >= 4 is 45.6 Å². The fourth-order valence-electron chi connectivity index (χ4n) is 5.08. The number of ether oxygens (including phenoxy) is 1. The zero-order valence-corrected chi connectivity index (χ0v) is 23.7. The quantitative estimate of drug-likeness (QED) is 0.226. The minimum atomic E-state index is -0.926. The second-order valence-corrected chi connectivity index (χ2v) is 11.7. The van der Waals surface area contributed by atoms with Gasteiger partial charge in [0.1, 0.15) is 11.5 Å². The molecule has 2 aromatic heterocycles. The summed E-state index contributed by atoms with van der Waals surface area (Å²) in [6.07, 6.45) is 4.06. The second-order valence-electron chi connectivity index (χ2n) is 10.1. The van der Waals surface area contributed by atoms with Crippen LogP contribution in [0.2, 0.25) is 10.0 Å². The third-order valence-electron chi connectivity index (χ3n) is 7.38. The molecular weight excluding hydrogens is 557 g/mol. The Hall–Kier alpha value is -2.91. The molecule has 2 aliphatic rings. The van der Waals surface area contributed by atoms with E-state index in [9.17, 15) is 9.90 Å². The molecule has 1 aliphatic heterocycles. The van der Waals surface area contributed by atoms with E-state index >= 15 is 0 Å². The van der Waals surface area contributed by atoms with E-state index in [0.717, 1.165) is 72.0 Å². The first-order valence-electron chi connectivity index (χ1n) is 13.0. The van der Waals surface area contributed by atoms with Crippen LogP contribution in [-0.4, -0.2) is 40.4 Å². The number of carboxylic acid groups (broad SMARTS) is 1. The van der Waals surface area contributed by atoms with Crippen molar-refractivity contribution in [3.8, 4) is 22.5 Å². The minimum absolute atomic E-state index is 0.114. The highest BCUT2D eigenvalue weighted by molar-refractivity contribution is 7.14. The van der Waals surface area contributed by atoms with Crippen LogP contribution in [0.25, 0.3) is 22.5 Å². The van der Waals surface area contributed by atoms with Gasteiger partial charge in [-0.3, -0.25) is 0 Å². The summed E-state index contributed by atoms with van der Waals surface area (Å²) in [7, 11) is 0. The molecular formula is C29H27Cl2N3O4S. The van der Waals surface area contributed by atoms with Gasteiger partial charge >= 0.3 is 5.97 Å². The number of halogens is 2. The lowest BCUT2D eigenvalue weighted by atomic mass is 10.0. The van der Waals surface area contributed by atoms with E-state index in [1.165, 1.54) is 0 Å². The molecule has 1 N–H and O–H groups in total. The lowest BCUT2D eigenvalue weighted by molar-refractivity contribution is 0.0246. The molecule has 39 heavy (non-hydrogen) atoms. The highest BCUT2D eigenvalue weighted by Gasteiger charge is 2.34. The first kappa shape index (κ1) is 26.3. The van der Waals surface area contributed by atoms with Gasteiger partial charge in [0.05, 0.1) is 34.0 Å². The van der Waals surface area contributed by atoms with Crippen molar-refractivity contribution in [2.24, 2.45) is 0 Å². The highest BCUT2D eigenvalue weighted by atomic mass is 35.5. The molecule has 3 heterocycles. The Morgan fingerprint density at radius 3 is 2.56 bits per heavy atom. The van der Waals surface area contributed by atoms with Crippen LogP contribution in [0.3, 0.4) is 0 Å². The topological polar surface area (TPSA) is 88.7 Å². The third kappa shape index (κ3) is 5.43. The predicted molar refractivity (Wildman–Crippen MR) is 153 cm³/mol. The molecule has 0 radical (unpaired) electrons. The lowest BCUT2D eigenvalue weighted by Gasteiger charge is -2.31. The molecule has 0 bridgehead atoms. The maximum atomic E-state index is 11.3. The summed E-state index contributed by atoms with van der Waals surface area (Å²) >= 11 is 14.6. The predicted octanol–water partition coefficient (Wildman–Crippen LogP) is 7.84. The molecule has 0 spiro atoms. The van der Waals surface area contributed by atoms with Crippen LogP contribution < -0.4 is 4.90 Å². The van der Waals surface area contributed by atoms with Crippen molar-refractivity contribution < 1.29 is 19.2 Å². The van der Waals surface area contributed by atoms with Crippen molar-refractivity contribution in [2.75, 3.05) is 18.0 Å². The van der Waals surface area contributed by atoms with E-state index in [2.05, 4.69) is 10.1 Å². The minimum Gasteiger partial charge on any atom is -0.478 e. The largest absolute Gasteiger partial charge is 0.478 e. The van der Waals surface area contributed by atoms with Crippen LogP contribution in [0.5, 0.6) is 0 Å². The van der Waals surface area contributed by atoms with Gasteiger partial charge in [0.15, 0.2) is 5.13 Å². The average molecular weight is 585 g/mol. The van der Waals surface area contributed by atoms with E-state index < -0.39 is 5.97 Å². The van der Waals surface area contributed by atoms with E-state index in [1.807, 2.05) is 36.6 Å². The van der Waals surface area contributed by atoms with Gasteiger partial charge in [0.25, 0.3) is 0 Å². The van der Waals surface area contributed by atoms with Crippen molar-refractivity contribution in [1.82, 2.24) is 10.1 Å². The molecule has 1 aliphatic carbocycles. The third-order valence-corrected chi connectivity index (χ3v) is 8.91. The van der Waals surface area contributed by atoms with Crippen LogP contribution in [0.15, 0.2) is 46.3 Å². The van der Waals surface area contributed by atoms with E-state index in [1.54, 1.807) is 23.5 Å². The maximum absolute atomic E-state index is 11.3. The molecule has 202 valence electrons. The first-order chi connectivity index (χ1) is 18.9. The first-order valence-corrected chi connectivity index (χ1v) is 14.6. The Morgan fingerprint density at radius 2 is 1.90 bits per heavy atom. The van der Waals surface area contributed by atoms with Gasteiger partial charge in [-0.25, -0.2) is 9.78 Å². The van der Waals surface area contributed by atoms with Crippen molar-refractivity contribution in [2.45, 2.75) is 51.2 Å². The number of piperidine rings is 1. The summed E-state index contributed by atoms with van der Waals surface area (Å²) in [5.41, 5.74) is 5.32. The summed E-state index contributed by atoms with van der Waals surface area (Å²) in [4.78, 5) is 18.4. The molecule has 1 saturated heterocycles. The number of hydrogen-bond donors (Lipinski definition) is 1. The summed E-state index contributed by atoms with van der Waals surface area (Å²) in [6, 6.07) is 10.6. The number of nitrogens with zero attached hydrogens (tertiary/aromatic N) is 3. The smallest absolute Gasteiger partial charge is 0.335 e. The number of benzene rings is 2. The zero-order chi connectivity index (χ0) is 27.1. The molecule has 10 heteroatoms. The van der Waals surface area contributed by atoms with Crippen molar-refractivity contribution in [1.29, 1.82) is 0 Å². The molecule has 1 saturated carbocycles. The van der Waals surface area contributed by atoms with Gasteiger partial charge in [-0.2, -0.15) is 0 Å². The fraction of sp³-hybridized carbons (Fsp3) is 0.345. The van der Waals surface area contributed by atoms with Crippen molar-refractivity contribution in [3.63, 3.8) is 0 Å². The van der Waals surface area contributed by atoms with Gasteiger partial charge in [-0.1, -0.05) is 40.5 Å². The summed E-state index contributed by atoms with van der Waals surface area (Å²) in [6.45, 7) is 4.01. The monoisotopic (exact) mass is 583 g/mol. The Bertz CT molecular complexity index is 1500. The molecule has 0 atom stereocenters. The Kier molecular flexibility index (Phi) is 7.37. The number of thiazole rings is 1. The number of anilines is 1. The van der Waals surface area contributed by atoms with E-state index in [0.29, 0.717) is 33.8 Å². The molecule has 0 unspecified atom stereocenters. The maximum Gasteiger partial charge on any atom is 0.335 e. The van der Waals surface area contributed by atoms with Crippen LogP contribution >= 0.6 is 34.5 Å². The second kappa shape index (κ2) is 10.9. The van der Waals surface area contributed by atoms with Crippen LogP contribution in [0, 0.1) is 6.92 Å². The molecule has 6 rings (SSSR count). The van der Waals surface area contributed by atoms with Crippen LogP contribution in [0.4, 0.5) is 5.13 Å². The van der Waals surface area contributed by atoms with Gasteiger partial charge in [0.2, 0.25) is 0 Å². The SMILES string of the molecule is Cc1cc(C(=O)O)ccc1-c1csc(N2CCC(OCc3c(-c4c(Cl)cccc4Cl)noc3C3CC3)CC2)n1. The standard InChI is InChI=1S/C29H27Cl2N3O4S/c1-16-13-18(28(35)36)7-8-20(16)24-15-39-29(32-24)34-11-9-19(10-12-34)37-14-21-26(33-38-27(21)17-5-6-17)25-22(30)3-2-4-23(25)31/h2-4,7-8,13,15,17,19H,5-6,9-12,14H2,1H3,(H,35,36). The molecule has 4 aromatic rings. The Morgan fingerprint density at radius 1 is 1.15 bits per heavy atom. The number of carbonyl (C=O) groups is 1. The van der Waals surface area contributed by atoms with Crippen LogP contribution in [-0.2, 0) is 11.3 Å². The number of rotatable bonds is 8. The normalized spacial score (nSPS) is 16.1. The number of hydrogen-bond acceptors (Lipinski definition) is 7. The molecule has 7 nitrogen and oxygen atoms in total. The number of aromatic nitrogens is 2. The van der Waals surface area contributed by atoms with Gasteiger partial charge < -0.3 is 19.3 Å². The molecule has 0 amide bonds. The van der Waals surface area contributed by atoms with Gasteiger partial charge in [0, 0.05) is 41.1 Å². The highest BCUT2D eigenvalue weighted by Crippen LogP contribution is 2.46. The average Bonchev–Trinajstić information content (AvgIpc) is 3.50. The van der Waals surface area contributed by atoms with Crippen molar-refractivity contribution in [3.05, 3.63) is 74.3 Å². The summed E-state index contributed by atoms with van der Waals surface area (Å²) in [5.74, 6) is 0.349. The van der Waals surface area contributed by atoms with Gasteiger partial charge in [-0.05, 0) is 62.4 Å². The summed E-state index contributed by atoms with van der Waals surface area (Å²) in [5, 5.41) is 17.7. The summed E-state index contributed by atoms with van der Waals surface area (Å²) < 4.78 is 12.2.